The molecule has 37 heavy (non-hydrogen) atoms. The zero-order valence-corrected chi connectivity index (χ0v) is 23.5. The molecule has 10 nitrogen and oxygen atoms in total. The number of carbonyl (C=O) groups is 2. The van der Waals surface area contributed by atoms with Crippen LogP contribution in [0.1, 0.15) is 38.3 Å². The van der Waals surface area contributed by atoms with E-state index in [1.807, 2.05) is 0 Å². The number of anilines is 1. The Kier molecular flexibility index (Phi) is 10.3. The Labute approximate surface area is 226 Å². The second-order valence-electron chi connectivity index (χ2n) is 8.85. The maximum atomic E-state index is 13.7. The molecule has 2 aromatic carbocycles. The Hall–Kier alpha value is -2.89. The predicted octanol–water partition coefficient (Wildman–Crippen LogP) is 4.31. The first-order valence-electron chi connectivity index (χ1n) is 11.4. The maximum absolute atomic E-state index is 13.7. The van der Waals surface area contributed by atoms with E-state index in [-0.39, 0.29) is 35.4 Å². The van der Waals surface area contributed by atoms with Crippen molar-refractivity contribution in [3.8, 4) is 0 Å². The second kappa shape index (κ2) is 12.6. The van der Waals surface area contributed by atoms with Crippen LogP contribution < -0.4 is 9.62 Å². The van der Waals surface area contributed by atoms with Crippen LogP contribution in [0.3, 0.4) is 0 Å². The quantitative estimate of drug-likeness (QED) is 0.315. The summed E-state index contributed by atoms with van der Waals surface area (Å²) in [7, 11) is -4.04. The minimum absolute atomic E-state index is 0.000724. The molecular weight excluding hydrogens is 543 g/mol. The summed E-state index contributed by atoms with van der Waals surface area (Å²) in [6.07, 6.45) is 1.16. The van der Waals surface area contributed by atoms with Crippen LogP contribution in [0.4, 0.5) is 11.4 Å². The van der Waals surface area contributed by atoms with E-state index >= 15 is 0 Å². The van der Waals surface area contributed by atoms with Gasteiger partial charge in [-0.2, -0.15) is 0 Å². The van der Waals surface area contributed by atoms with Gasteiger partial charge in [0.25, 0.3) is 5.69 Å². The van der Waals surface area contributed by atoms with Gasteiger partial charge in [0, 0.05) is 24.7 Å². The number of nitrogens with zero attached hydrogens (tertiary/aromatic N) is 3. The number of carbonyl (C=O) groups excluding carboxylic acids is 2. The van der Waals surface area contributed by atoms with Crippen molar-refractivity contribution in [3.05, 3.63) is 67.7 Å². The average Bonchev–Trinajstić information content (AvgIpc) is 2.78. The van der Waals surface area contributed by atoms with Gasteiger partial charge in [-0.15, -0.1) is 0 Å². The summed E-state index contributed by atoms with van der Waals surface area (Å²) in [4.78, 5) is 38.6. The molecule has 0 aliphatic rings. The number of non-ortho nitro benzene ring substituents is 1. The summed E-state index contributed by atoms with van der Waals surface area (Å²) in [5, 5.41) is 14.7. The van der Waals surface area contributed by atoms with Crippen LogP contribution in [0.15, 0.2) is 36.4 Å². The summed E-state index contributed by atoms with van der Waals surface area (Å²) in [6.45, 7) is 6.16. The summed E-state index contributed by atoms with van der Waals surface area (Å²) in [5.41, 5.74) is 0.678. The van der Waals surface area contributed by atoms with E-state index < -0.39 is 39.3 Å². The number of nitro benzene ring substituents is 1. The number of aryl methyl sites for hydroxylation is 1. The molecule has 0 radical (unpaired) electrons. The lowest BCUT2D eigenvalue weighted by atomic mass is 10.1. The number of nitro groups is 1. The van der Waals surface area contributed by atoms with Gasteiger partial charge in [-0.05, 0) is 50.5 Å². The molecule has 2 amide bonds. The maximum Gasteiger partial charge on any atom is 0.271 e. The first-order valence-corrected chi connectivity index (χ1v) is 14.0. The summed E-state index contributed by atoms with van der Waals surface area (Å²) < 4.78 is 26.3. The summed E-state index contributed by atoms with van der Waals surface area (Å²) in [5.74, 6) is -1.07. The van der Waals surface area contributed by atoms with Crippen LogP contribution in [0, 0.1) is 17.0 Å². The topological polar surface area (TPSA) is 130 Å². The van der Waals surface area contributed by atoms with Crippen molar-refractivity contribution < 1.29 is 22.9 Å². The third-order valence-corrected chi connectivity index (χ3v) is 7.37. The third kappa shape index (κ3) is 8.05. The van der Waals surface area contributed by atoms with Crippen molar-refractivity contribution in [2.24, 2.45) is 0 Å². The number of benzene rings is 2. The van der Waals surface area contributed by atoms with Gasteiger partial charge in [-0.1, -0.05) is 42.3 Å². The highest BCUT2D eigenvalue weighted by molar-refractivity contribution is 7.92. The van der Waals surface area contributed by atoms with Gasteiger partial charge in [0.15, 0.2) is 0 Å². The minimum atomic E-state index is -4.04. The van der Waals surface area contributed by atoms with Crippen molar-refractivity contribution in [3.63, 3.8) is 0 Å². The van der Waals surface area contributed by atoms with Gasteiger partial charge in [0.1, 0.15) is 12.6 Å². The molecule has 202 valence electrons. The number of halogens is 2. The van der Waals surface area contributed by atoms with Crippen LogP contribution in [0.5, 0.6) is 0 Å². The standard InChI is InChI=1S/C24H30Cl2N4O6S/c1-6-21(24(32)27-15(2)3)28(13-17-8-10-19(25)20(26)11-17)23(31)14-29(37(5,35)36)22-12-18(30(33)34)9-7-16(22)4/h7-12,15,21H,6,13-14H2,1-5H3,(H,27,32)/t21-/m1/s1. The Morgan fingerprint density at radius 2 is 1.76 bits per heavy atom. The lowest BCUT2D eigenvalue weighted by Crippen LogP contribution is -2.53. The van der Waals surface area contributed by atoms with Crippen LogP contribution in [0.2, 0.25) is 10.0 Å². The number of sulfonamides is 1. The molecule has 0 bridgehead atoms. The van der Waals surface area contributed by atoms with Gasteiger partial charge < -0.3 is 10.2 Å². The van der Waals surface area contributed by atoms with Gasteiger partial charge >= 0.3 is 0 Å². The van der Waals surface area contributed by atoms with Crippen molar-refractivity contribution in [1.29, 1.82) is 0 Å². The lowest BCUT2D eigenvalue weighted by Gasteiger charge is -2.33. The fourth-order valence-electron chi connectivity index (χ4n) is 3.71. The molecule has 0 aromatic heterocycles. The first kappa shape index (κ1) is 30.3. The highest BCUT2D eigenvalue weighted by Gasteiger charge is 2.33. The van der Waals surface area contributed by atoms with E-state index in [1.165, 1.54) is 17.0 Å². The number of nitrogens with one attached hydrogen (secondary N) is 1. The van der Waals surface area contributed by atoms with Gasteiger partial charge in [-0.25, -0.2) is 8.42 Å². The van der Waals surface area contributed by atoms with Gasteiger partial charge in [-0.3, -0.25) is 24.0 Å². The molecule has 0 saturated carbocycles. The van der Waals surface area contributed by atoms with Crippen LogP contribution in [0.25, 0.3) is 0 Å². The Balaban J connectivity index is 2.55. The molecule has 2 aromatic rings. The van der Waals surface area contributed by atoms with Crippen molar-refractivity contribution in [2.75, 3.05) is 17.1 Å². The van der Waals surface area contributed by atoms with E-state index in [1.54, 1.807) is 45.9 Å². The monoisotopic (exact) mass is 572 g/mol. The summed E-state index contributed by atoms with van der Waals surface area (Å²) in [6, 6.07) is 7.44. The smallest absolute Gasteiger partial charge is 0.271 e. The first-order chi connectivity index (χ1) is 17.1. The highest BCUT2D eigenvalue weighted by Crippen LogP contribution is 2.28. The van der Waals surface area contributed by atoms with Gasteiger partial charge in [0.2, 0.25) is 21.8 Å². The van der Waals surface area contributed by atoms with Crippen LogP contribution in [-0.2, 0) is 26.2 Å². The fraction of sp³-hybridized carbons (Fsp3) is 0.417. The molecular formula is C24H30Cl2N4O6S. The van der Waals surface area contributed by atoms with Crippen molar-refractivity contribution in [1.82, 2.24) is 10.2 Å². The molecule has 0 saturated heterocycles. The van der Waals surface area contributed by atoms with E-state index in [0.29, 0.717) is 16.1 Å². The Morgan fingerprint density at radius 1 is 1.11 bits per heavy atom. The minimum Gasteiger partial charge on any atom is -0.352 e. The van der Waals surface area contributed by atoms with Gasteiger partial charge in [0.05, 0.1) is 26.9 Å². The molecule has 0 fully saturated rings. The molecule has 0 unspecified atom stereocenters. The number of rotatable bonds is 11. The molecule has 1 N–H and O–H groups in total. The Morgan fingerprint density at radius 3 is 2.27 bits per heavy atom. The highest BCUT2D eigenvalue weighted by atomic mass is 35.5. The van der Waals surface area contributed by atoms with Crippen molar-refractivity contribution in [2.45, 2.75) is 52.7 Å². The normalized spacial score (nSPS) is 12.2. The average molecular weight is 573 g/mol. The molecule has 0 heterocycles. The SMILES string of the molecule is CC[C@H](C(=O)NC(C)C)N(Cc1ccc(Cl)c(Cl)c1)C(=O)CN(c1cc([N+](=O)[O-])ccc1C)S(C)(=O)=O. The predicted molar refractivity (Wildman–Crippen MR) is 144 cm³/mol. The van der Waals surface area contributed by atoms with E-state index in [0.717, 1.165) is 16.6 Å². The molecule has 0 spiro atoms. The number of hydrogen-bond acceptors (Lipinski definition) is 6. The third-order valence-electron chi connectivity index (χ3n) is 5.51. The van der Waals surface area contributed by atoms with E-state index in [9.17, 15) is 28.1 Å². The van der Waals surface area contributed by atoms with E-state index in [2.05, 4.69) is 5.32 Å². The summed E-state index contributed by atoms with van der Waals surface area (Å²) >= 11 is 12.2. The van der Waals surface area contributed by atoms with Crippen LogP contribution >= 0.6 is 23.2 Å². The van der Waals surface area contributed by atoms with Crippen LogP contribution in [-0.4, -0.2) is 54.9 Å². The molecule has 0 aliphatic carbocycles. The second-order valence-corrected chi connectivity index (χ2v) is 11.6. The number of hydrogen-bond donors (Lipinski definition) is 1. The molecule has 0 aliphatic heterocycles. The largest absolute Gasteiger partial charge is 0.352 e. The zero-order chi connectivity index (χ0) is 28.1. The molecule has 13 heteroatoms. The fourth-order valence-corrected chi connectivity index (χ4v) is 4.93. The molecule has 2 rings (SSSR count). The number of amides is 2. The molecule has 1 atom stereocenters. The lowest BCUT2D eigenvalue weighted by molar-refractivity contribution is -0.384. The zero-order valence-electron chi connectivity index (χ0n) is 21.2. The Bertz CT molecular complexity index is 1290. The van der Waals surface area contributed by atoms with Crippen molar-refractivity contribution >= 4 is 56.4 Å². The van der Waals surface area contributed by atoms with E-state index in [4.69, 9.17) is 23.2 Å².